The van der Waals surface area contributed by atoms with Gasteiger partial charge in [-0.15, -0.1) is 0 Å². The van der Waals surface area contributed by atoms with Crippen molar-refractivity contribution >= 4 is 12.6 Å². The van der Waals surface area contributed by atoms with Crippen molar-refractivity contribution in [2.24, 2.45) is 23.7 Å². The first-order chi connectivity index (χ1) is 7.75. The third kappa shape index (κ3) is 0.963. The van der Waals surface area contributed by atoms with Crippen LogP contribution in [0.15, 0.2) is 24.3 Å². The summed E-state index contributed by atoms with van der Waals surface area (Å²) in [5.41, 5.74) is 2.01. The fourth-order valence-corrected chi connectivity index (χ4v) is 4.38. The van der Waals surface area contributed by atoms with Gasteiger partial charge in [-0.3, -0.25) is 0 Å². The second-order valence-corrected chi connectivity index (χ2v) is 5.70. The molecule has 3 fully saturated rings. The second kappa shape index (κ2) is 2.90. The molecular weight excluding hydrogens is 199 g/mol. The van der Waals surface area contributed by atoms with Gasteiger partial charge in [0.1, 0.15) is 0 Å². The highest BCUT2D eigenvalue weighted by Crippen LogP contribution is 2.75. The molecule has 16 heavy (non-hydrogen) atoms. The Morgan fingerprint density at radius 3 is 2.06 bits per heavy atom. The zero-order valence-corrected chi connectivity index (χ0v) is 9.08. The predicted octanol–water partition coefficient (Wildman–Crippen LogP) is 0.736. The maximum absolute atomic E-state index is 9.04. The maximum Gasteiger partial charge on any atom is 0.488 e. The number of hydrogen-bond acceptors (Lipinski definition) is 2. The van der Waals surface area contributed by atoms with E-state index in [-0.39, 0.29) is 0 Å². The molecule has 0 aromatic heterocycles. The molecule has 3 aliphatic carbocycles. The fourth-order valence-electron chi connectivity index (χ4n) is 4.38. The summed E-state index contributed by atoms with van der Waals surface area (Å²) in [6, 6.07) is 7.87. The molecule has 0 saturated heterocycles. The normalized spacial score (nSPS) is 42.5. The Balaban J connectivity index is 1.59. The SMILES string of the molecule is OB(O)c1ccc(C2C3CC4C[C@H]2C43)cc1. The van der Waals surface area contributed by atoms with Crippen LogP contribution in [0.4, 0.5) is 0 Å². The van der Waals surface area contributed by atoms with Gasteiger partial charge in [0.2, 0.25) is 0 Å². The van der Waals surface area contributed by atoms with Gasteiger partial charge in [-0.2, -0.15) is 0 Å². The Labute approximate surface area is 95.4 Å². The van der Waals surface area contributed by atoms with Crippen molar-refractivity contribution in [3.05, 3.63) is 29.8 Å². The lowest BCUT2D eigenvalue weighted by molar-refractivity contribution is -0.214. The third-order valence-corrected chi connectivity index (χ3v) is 5.22. The standard InChI is InChI=1S/C13H15BO2/c15-14(16)9-3-1-7(2-4-9)12-10-5-8-6-11(12)13(8)10/h1-4,8,10-13,15-16H,5-6H2/t8?,10-,11?,12?,13?/m1/s1. The van der Waals surface area contributed by atoms with E-state index < -0.39 is 7.12 Å². The van der Waals surface area contributed by atoms with Crippen LogP contribution in [0.5, 0.6) is 0 Å². The fraction of sp³-hybridized carbons (Fsp3) is 0.538. The monoisotopic (exact) mass is 214 g/mol. The molecule has 0 spiro atoms. The van der Waals surface area contributed by atoms with E-state index in [2.05, 4.69) is 12.1 Å². The molecule has 1 aromatic carbocycles. The van der Waals surface area contributed by atoms with Crippen LogP contribution in [0.1, 0.15) is 24.3 Å². The molecule has 0 radical (unpaired) electrons. The minimum absolute atomic E-state index is 0.597. The first-order valence-corrected chi connectivity index (χ1v) is 6.21. The summed E-state index contributed by atoms with van der Waals surface area (Å²) in [7, 11) is -1.33. The summed E-state index contributed by atoms with van der Waals surface area (Å²) in [4.78, 5) is 0. The lowest BCUT2D eigenvalue weighted by Crippen LogP contribution is -2.65. The van der Waals surface area contributed by atoms with E-state index in [0.29, 0.717) is 5.46 Å². The molecule has 82 valence electrons. The molecule has 0 heterocycles. The van der Waals surface area contributed by atoms with Gasteiger partial charge in [-0.25, -0.2) is 0 Å². The summed E-state index contributed by atoms with van der Waals surface area (Å²) < 4.78 is 0. The molecule has 2 nitrogen and oxygen atoms in total. The smallest absolute Gasteiger partial charge is 0.423 e. The van der Waals surface area contributed by atoms with E-state index in [1.54, 1.807) is 0 Å². The highest BCUT2D eigenvalue weighted by Gasteiger charge is 2.67. The second-order valence-electron chi connectivity index (χ2n) is 5.70. The van der Waals surface area contributed by atoms with Gasteiger partial charge in [-0.1, -0.05) is 24.3 Å². The molecule has 0 aliphatic heterocycles. The van der Waals surface area contributed by atoms with Gasteiger partial charge in [0.15, 0.2) is 0 Å². The first-order valence-electron chi connectivity index (χ1n) is 6.21. The number of rotatable bonds is 2. The van der Waals surface area contributed by atoms with Crippen LogP contribution in [0.3, 0.4) is 0 Å². The molecule has 5 atom stereocenters. The Hall–Kier alpha value is -0.795. The van der Waals surface area contributed by atoms with Crippen LogP contribution < -0.4 is 5.46 Å². The van der Waals surface area contributed by atoms with Gasteiger partial charge in [0.05, 0.1) is 0 Å². The van der Waals surface area contributed by atoms with Crippen molar-refractivity contribution < 1.29 is 10.0 Å². The molecule has 0 bridgehead atoms. The van der Waals surface area contributed by atoms with Gasteiger partial charge < -0.3 is 10.0 Å². The Morgan fingerprint density at radius 2 is 1.62 bits per heavy atom. The molecule has 4 unspecified atom stereocenters. The third-order valence-electron chi connectivity index (χ3n) is 5.22. The van der Waals surface area contributed by atoms with Gasteiger partial charge in [-0.05, 0) is 53.5 Å². The van der Waals surface area contributed by atoms with Crippen molar-refractivity contribution in [1.29, 1.82) is 0 Å². The van der Waals surface area contributed by atoms with Crippen LogP contribution in [0, 0.1) is 23.7 Å². The van der Waals surface area contributed by atoms with E-state index in [1.165, 1.54) is 18.4 Å². The van der Waals surface area contributed by atoms with Crippen LogP contribution >= 0.6 is 0 Å². The molecule has 0 amide bonds. The number of benzene rings is 1. The number of hydrogen-bond donors (Lipinski definition) is 2. The summed E-state index contributed by atoms with van der Waals surface area (Å²) in [6.45, 7) is 0. The molecular formula is C13H15BO2. The van der Waals surface area contributed by atoms with Crippen molar-refractivity contribution in [3.8, 4) is 0 Å². The molecule has 3 saturated carbocycles. The summed E-state index contributed by atoms with van der Waals surface area (Å²) in [6.07, 6.45) is 2.88. The van der Waals surface area contributed by atoms with E-state index in [4.69, 9.17) is 10.0 Å². The maximum atomic E-state index is 9.04. The summed E-state index contributed by atoms with van der Waals surface area (Å²) >= 11 is 0. The zero-order valence-electron chi connectivity index (χ0n) is 9.08. The van der Waals surface area contributed by atoms with Crippen molar-refractivity contribution in [2.75, 3.05) is 0 Å². The molecule has 2 N–H and O–H groups in total. The van der Waals surface area contributed by atoms with Crippen molar-refractivity contribution in [3.63, 3.8) is 0 Å². The van der Waals surface area contributed by atoms with E-state index in [9.17, 15) is 0 Å². The molecule has 3 heteroatoms. The molecule has 1 aromatic rings. The van der Waals surface area contributed by atoms with Crippen LogP contribution in [0.25, 0.3) is 0 Å². The first kappa shape index (κ1) is 9.26. The zero-order chi connectivity index (χ0) is 10.9. The van der Waals surface area contributed by atoms with Crippen molar-refractivity contribution in [1.82, 2.24) is 0 Å². The van der Waals surface area contributed by atoms with E-state index >= 15 is 0 Å². The lowest BCUT2D eigenvalue weighted by atomic mass is 9.31. The summed E-state index contributed by atoms with van der Waals surface area (Å²) in [5, 5.41) is 18.1. The predicted molar refractivity (Wildman–Crippen MR) is 62.2 cm³/mol. The van der Waals surface area contributed by atoms with Gasteiger partial charge >= 0.3 is 7.12 Å². The Kier molecular flexibility index (Phi) is 1.68. The molecule has 4 rings (SSSR count). The van der Waals surface area contributed by atoms with Crippen molar-refractivity contribution in [2.45, 2.75) is 18.8 Å². The summed E-state index contributed by atoms with van der Waals surface area (Å²) in [5.74, 6) is 4.82. The highest BCUT2D eigenvalue weighted by molar-refractivity contribution is 6.58. The Morgan fingerprint density at radius 1 is 1.00 bits per heavy atom. The topological polar surface area (TPSA) is 40.5 Å². The Bertz CT molecular complexity index is 414. The average molecular weight is 214 g/mol. The van der Waals surface area contributed by atoms with Gasteiger partial charge in [0.25, 0.3) is 0 Å². The minimum atomic E-state index is -1.33. The van der Waals surface area contributed by atoms with E-state index in [0.717, 1.165) is 29.6 Å². The van der Waals surface area contributed by atoms with E-state index in [1.807, 2.05) is 12.1 Å². The minimum Gasteiger partial charge on any atom is -0.423 e. The average Bonchev–Trinajstić information content (AvgIpc) is 2.28. The lowest BCUT2D eigenvalue weighted by Gasteiger charge is -2.73. The quantitative estimate of drug-likeness (QED) is 0.712. The van der Waals surface area contributed by atoms with Crippen LogP contribution in [0.2, 0.25) is 0 Å². The van der Waals surface area contributed by atoms with Crippen LogP contribution in [-0.2, 0) is 0 Å². The highest BCUT2D eigenvalue weighted by atomic mass is 16.4. The largest absolute Gasteiger partial charge is 0.488 e. The van der Waals surface area contributed by atoms with Crippen LogP contribution in [-0.4, -0.2) is 17.2 Å². The molecule has 3 aliphatic rings. The van der Waals surface area contributed by atoms with Gasteiger partial charge in [0, 0.05) is 0 Å².